The molecule has 0 bridgehead atoms. The van der Waals surface area contributed by atoms with Crippen LogP contribution in [0.15, 0.2) is 40.2 Å². The van der Waals surface area contributed by atoms with Crippen LogP contribution in [0.5, 0.6) is 6.01 Å². The van der Waals surface area contributed by atoms with Crippen LogP contribution in [0.4, 0.5) is 5.82 Å². The number of anilines is 1. The first-order valence-corrected chi connectivity index (χ1v) is 13.5. The molecule has 2 aromatic heterocycles. The highest BCUT2D eigenvalue weighted by Crippen LogP contribution is 2.40. The van der Waals surface area contributed by atoms with Crippen molar-refractivity contribution in [2.45, 2.75) is 40.7 Å². The predicted octanol–water partition coefficient (Wildman–Crippen LogP) is 5.42. The largest absolute Gasteiger partial charge is 0.461 e. The number of halogens is 1. The lowest BCUT2D eigenvalue weighted by Crippen LogP contribution is -2.09. The van der Waals surface area contributed by atoms with Crippen LogP contribution in [0.3, 0.4) is 0 Å². The van der Waals surface area contributed by atoms with Crippen LogP contribution in [0.2, 0.25) is 0 Å². The van der Waals surface area contributed by atoms with Gasteiger partial charge in [-0.25, -0.2) is 4.98 Å². The van der Waals surface area contributed by atoms with Crippen LogP contribution in [0, 0.1) is 0 Å². The number of hydrogen-bond donors (Lipinski definition) is 1. The number of imidazole rings is 1. The first-order valence-electron chi connectivity index (χ1n) is 11.3. The van der Waals surface area contributed by atoms with Gasteiger partial charge in [0, 0.05) is 19.8 Å². The minimum atomic E-state index is -0.959. The highest BCUT2D eigenvalue weighted by molar-refractivity contribution is 9.10. The van der Waals surface area contributed by atoms with Crippen molar-refractivity contribution in [2.75, 3.05) is 45.4 Å². The molecule has 0 atom stereocenters. The Morgan fingerprint density at radius 2 is 1.82 bits per heavy atom. The Labute approximate surface area is 211 Å². The fraction of sp³-hybridized carbons (Fsp3) is 0.522. The van der Waals surface area contributed by atoms with E-state index in [9.17, 15) is 0 Å². The molecule has 9 nitrogen and oxygen atoms in total. The van der Waals surface area contributed by atoms with Crippen molar-refractivity contribution in [3.8, 4) is 6.01 Å². The standard InChI is InChI=1S/C23H35BrN5O4P/c1-6-10-18(16-34(32-8-3)33-9-4)15-17(7-2)11-12-29-21-19(26-22(29)24)20(25)27-23(28-21)31-14-13-30-5/h6-7,10,15H,8-9,11-14,16H2,1-5H3,(H2,25,27,28)/b10-6-,17-7-,18-15+. The third-order valence-electron chi connectivity index (χ3n) is 4.68. The van der Waals surface area contributed by atoms with Crippen LogP contribution < -0.4 is 10.5 Å². The summed E-state index contributed by atoms with van der Waals surface area (Å²) in [5.41, 5.74) is 9.62. The van der Waals surface area contributed by atoms with Crippen LogP contribution in [-0.4, -0.2) is 59.2 Å². The van der Waals surface area contributed by atoms with E-state index in [0.717, 1.165) is 12.6 Å². The summed E-state index contributed by atoms with van der Waals surface area (Å²) in [7, 11) is 0.650. The van der Waals surface area contributed by atoms with Gasteiger partial charge in [0.25, 0.3) is 0 Å². The normalized spacial score (nSPS) is 13.0. The van der Waals surface area contributed by atoms with Gasteiger partial charge in [-0.2, -0.15) is 9.97 Å². The molecule has 0 fully saturated rings. The molecular formula is C23H35BrN5O4P. The Morgan fingerprint density at radius 1 is 1.09 bits per heavy atom. The summed E-state index contributed by atoms with van der Waals surface area (Å²) in [5, 5.41) is 0. The van der Waals surface area contributed by atoms with Crippen molar-refractivity contribution in [3.63, 3.8) is 0 Å². The smallest absolute Gasteiger partial charge is 0.320 e. The molecule has 0 aliphatic rings. The average Bonchev–Trinajstić information content (AvgIpc) is 3.13. The van der Waals surface area contributed by atoms with Crippen molar-refractivity contribution in [3.05, 3.63) is 40.2 Å². The van der Waals surface area contributed by atoms with Gasteiger partial charge in [-0.3, -0.25) is 0 Å². The van der Waals surface area contributed by atoms with Crippen LogP contribution >= 0.6 is 24.3 Å². The zero-order valence-corrected chi connectivity index (χ0v) is 23.1. The summed E-state index contributed by atoms with van der Waals surface area (Å²) < 4.78 is 24.8. The van der Waals surface area contributed by atoms with Gasteiger partial charge in [0.05, 0.1) is 19.8 Å². The number of allylic oxidation sites excluding steroid dienone is 6. The second kappa shape index (κ2) is 15.2. The van der Waals surface area contributed by atoms with Crippen molar-refractivity contribution in [1.82, 2.24) is 19.5 Å². The van der Waals surface area contributed by atoms with Crippen LogP contribution in [0.1, 0.15) is 34.1 Å². The maximum atomic E-state index is 6.11. The second-order valence-electron chi connectivity index (χ2n) is 7.10. The summed E-state index contributed by atoms with van der Waals surface area (Å²) >= 11 is 3.54. The van der Waals surface area contributed by atoms with Crippen LogP contribution in [-0.2, 0) is 20.3 Å². The number of aryl methyl sites for hydroxylation is 1. The second-order valence-corrected chi connectivity index (χ2v) is 9.30. The SMILES string of the molecule is C\C=C/C(=C\C(=C/C)CCn1c(Br)nc2c(N)nc(OCCOC)nc21)CP(OCC)OCC. The molecule has 188 valence electrons. The Morgan fingerprint density at radius 3 is 2.44 bits per heavy atom. The van der Waals surface area contributed by atoms with Crippen molar-refractivity contribution in [1.29, 1.82) is 0 Å². The van der Waals surface area contributed by atoms with Gasteiger partial charge >= 0.3 is 6.01 Å². The zero-order chi connectivity index (χ0) is 24.9. The van der Waals surface area contributed by atoms with Gasteiger partial charge in [-0.05, 0) is 55.6 Å². The van der Waals surface area contributed by atoms with E-state index in [1.165, 1.54) is 11.1 Å². The molecule has 0 saturated heterocycles. The summed E-state index contributed by atoms with van der Waals surface area (Å²) in [6.45, 7) is 10.7. The van der Waals surface area contributed by atoms with Gasteiger partial charge in [0.2, 0.25) is 0 Å². The number of nitrogen functional groups attached to an aromatic ring is 1. The first kappa shape index (κ1) is 28.4. The molecule has 0 unspecified atom stereocenters. The highest BCUT2D eigenvalue weighted by atomic mass is 79.9. The Hall–Kier alpha value is -1.84. The van der Waals surface area contributed by atoms with E-state index in [0.29, 0.717) is 48.9 Å². The van der Waals surface area contributed by atoms with E-state index in [1.807, 2.05) is 38.3 Å². The lowest BCUT2D eigenvalue weighted by Gasteiger charge is -2.16. The zero-order valence-electron chi connectivity index (χ0n) is 20.6. The van der Waals surface area contributed by atoms with Gasteiger partial charge in [-0.1, -0.05) is 29.9 Å². The van der Waals surface area contributed by atoms with Crippen molar-refractivity contribution in [2.24, 2.45) is 0 Å². The lowest BCUT2D eigenvalue weighted by molar-refractivity contribution is 0.141. The predicted molar refractivity (Wildman–Crippen MR) is 141 cm³/mol. The number of hydrogen-bond acceptors (Lipinski definition) is 8. The van der Waals surface area contributed by atoms with E-state index in [-0.39, 0.29) is 11.8 Å². The van der Waals surface area contributed by atoms with Gasteiger partial charge in [-0.15, -0.1) is 0 Å². The monoisotopic (exact) mass is 555 g/mol. The van der Waals surface area contributed by atoms with Gasteiger partial charge < -0.3 is 28.8 Å². The molecule has 0 amide bonds. The Kier molecular flexibility index (Phi) is 12.7. The van der Waals surface area contributed by atoms with E-state index in [1.54, 1.807) is 7.11 Å². The summed E-state index contributed by atoms with van der Waals surface area (Å²) in [6.07, 6.45) is 9.97. The summed E-state index contributed by atoms with van der Waals surface area (Å²) in [5.74, 6) is 0.276. The van der Waals surface area contributed by atoms with E-state index >= 15 is 0 Å². The molecule has 0 spiro atoms. The minimum absolute atomic E-state index is 0.206. The third kappa shape index (κ3) is 8.43. The number of aromatic nitrogens is 4. The molecule has 2 rings (SSSR count). The summed E-state index contributed by atoms with van der Waals surface area (Å²) in [4.78, 5) is 13.2. The van der Waals surface area contributed by atoms with E-state index in [4.69, 9.17) is 24.3 Å². The van der Waals surface area contributed by atoms with E-state index < -0.39 is 8.38 Å². The molecule has 11 heteroatoms. The van der Waals surface area contributed by atoms with Gasteiger partial charge in [0.15, 0.2) is 30.1 Å². The number of fused-ring (bicyclic) bond motifs is 1. The molecule has 0 radical (unpaired) electrons. The topological polar surface area (TPSA) is 107 Å². The number of ether oxygens (including phenoxy) is 2. The van der Waals surface area contributed by atoms with Crippen LogP contribution in [0.25, 0.3) is 11.2 Å². The highest BCUT2D eigenvalue weighted by Gasteiger charge is 2.17. The van der Waals surface area contributed by atoms with E-state index in [2.05, 4.69) is 49.1 Å². The molecule has 2 heterocycles. The molecule has 2 N–H and O–H groups in total. The fourth-order valence-corrected chi connectivity index (χ4v) is 5.01. The van der Waals surface area contributed by atoms with Crippen molar-refractivity contribution < 1.29 is 18.5 Å². The molecule has 0 aliphatic carbocycles. The maximum absolute atomic E-state index is 6.11. The molecule has 0 aromatic carbocycles. The first-order chi connectivity index (χ1) is 16.5. The molecule has 2 aromatic rings. The number of nitrogens with two attached hydrogens (primary N) is 1. The molecule has 0 saturated carbocycles. The Bertz CT molecular complexity index is 1000. The molecular weight excluding hydrogens is 521 g/mol. The molecule has 34 heavy (non-hydrogen) atoms. The van der Waals surface area contributed by atoms with Crippen molar-refractivity contribution >= 4 is 41.3 Å². The number of rotatable bonds is 15. The van der Waals surface area contributed by atoms with Gasteiger partial charge in [0.1, 0.15) is 6.61 Å². The Balaban J connectivity index is 2.23. The maximum Gasteiger partial charge on any atom is 0.320 e. The minimum Gasteiger partial charge on any atom is -0.461 e. The quantitative estimate of drug-likeness (QED) is 0.134. The number of nitrogens with zero attached hydrogens (tertiary/aromatic N) is 4. The average molecular weight is 556 g/mol. The number of methoxy groups -OCH3 is 1. The third-order valence-corrected chi connectivity index (χ3v) is 7.00. The summed E-state index contributed by atoms with van der Waals surface area (Å²) in [6, 6.07) is 0.206. The molecule has 0 aliphatic heterocycles. The fourth-order valence-electron chi connectivity index (χ4n) is 3.16. The lowest BCUT2D eigenvalue weighted by atomic mass is 10.1.